The molecule has 3 aromatic heterocycles. The van der Waals surface area contributed by atoms with Crippen molar-refractivity contribution in [3.05, 3.63) is 65.7 Å². The summed E-state index contributed by atoms with van der Waals surface area (Å²) in [5.41, 5.74) is 4.84. The minimum Gasteiger partial charge on any atom is -0.301 e. The molecular weight excluding hydrogens is 428 g/mol. The quantitative estimate of drug-likeness (QED) is 0.392. The Hall–Kier alpha value is -3.30. The highest BCUT2D eigenvalue weighted by atomic mass is 32.2. The molecule has 0 radical (unpaired) electrons. The second-order valence-electron chi connectivity index (χ2n) is 7.16. The lowest BCUT2D eigenvalue weighted by Crippen LogP contribution is -2.14. The molecule has 0 aliphatic carbocycles. The van der Waals surface area contributed by atoms with E-state index in [1.165, 1.54) is 34.2 Å². The van der Waals surface area contributed by atoms with E-state index in [2.05, 4.69) is 31.7 Å². The monoisotopic (exact) mass is 446 g/mol. The zero-order valence-electron chi connectivity index (χ0n) is 16.9. The molecule has 31 heavy (non-hydrogen) atoms. The minimum atomic E-state index is -0.120. The third-order valence-corrected chi connectivity index (χ3v) is 6.54. The van der Waals surface area contributed by atoms with Crippen molar-refractivity contribution in [3.63, 3.8) is 0 Å². The molecule has 9 heteroatoms. The van der Waals surface area contributed by atoms with E-state index in [9.17, 15) is 4.79 Å². The first-order valence-electron chi connectivity index (χ1n) is 9.64. The predicted octanol–water partition coefficient (Wildman–Crippen LogP) is 4.75. The van der Waals surface area contributed by atoms with Crippen LogP contribution in [0.4, 0.5) is 5.13 Å². The number of nitrogens with zero attached hydrogens (tertiary/aromatic N) is 5. The molecule has 1 N–H and O–H groups in total. The van der Waals surface area contributed by atoms with Crippen molar-refractivity contribution in [2.24, 2.45) is 0 Å². The van der Waals surface area contributed by atoms with Crippen molar-refractivity contribution in [1.29, 1.82) is 0 Å². The maximum Gasteiger partial charge on any atom is 0.236 e. The average molecular weight is 447 g/mol. The Bertz CT molecular complexity index is 1410. The Kier molecular flexibility index (Phi) is 5.13. The van der Waals surface area contributed by atoms with Gasteiger partial charge in [0.05, 0.1) is 16.0 Å². The fourth-order valence-electron chi connectivity index (χ4n) is 3.11. The maximum absolute atomic E-state index is 12.4. The van der Waals surface area contributed by atoms with Gasteiger partial charge in [-0.15, -0.1) is 10.2 Å². The van der Waals surface area contributed by atoms with Crippen LogP contribution in [0.2, 0.25) is 0 Å². The van der Waals surface area contributed by atoms with Gasteiger partial charge in [-0.25, -0.2) is 4.98 Å². The molecule has 0 bridgehead atoms. The van der Waals surface area contributed by atoms with E-state index in [4.69, 9.17) is 0 Å². The Morgan fingerprint density at radius 3 is 2.68 bits per heavy atom. The van der Waals surface area contributed by atoms with E-state index in [0.717, 1.165) is 20.8 Å². The average Bonchev–Trinajstić information content (AvgIpc) is 3.35. The molecule has 154 valence electrons. The molecule has 0 fully saturated rings. The molecule has 0 spiro atoms. The zero-order valence-corrected chi connectivity index (χ0v) is 18.5. The smallest absolute Gasteiger partial charge is 0.236 e. The normalized spacial score (nSPS) is 11.3. The molecule has 0 atom stereocenters. The molecule has 0 saturated heterocycles. The topological polar surface area (TPSA) is 85.1 Å². The summed E-state index contributed by atoms with van der Waals surface area (Å²) in [6, 6.07) is 17.8. The molecule has 1 amide bonds. The van der Waals surface area contributed by atoms with Gasteiger partial charge in [-0.05, 0) is 43.7 Å². The van der Waals surface area contributed by atoms with E-state index >= 15 is 0 Å². The Labute approximate surface area is 186 Å². The van der Waals surface area contributed by atoms with Crippen molar-refractivity contribution in [2.45, 2.75) is 18.9 Å². The number of carbonyl (C=O) groups excluding carboxylic acids is 1. The first kappa shape index (κ1) is 19.7. The van der Waals surface area contributed by atoms with E-state index in [1.807, 2.05) is 62.4 Å². The molecule has 0 aliphatic rings. The van der Waals surface area contributed by atoms with E-state index < -0.39 is 0 Å². The van der Waals surface area contributed by atoms with Crippen LogP contribution < -0.4 is 5.32 Å². The van der Waals surface area contributed by atoms with Crippen LogP contribution in [0.15, 0.2) is 59.6 Å². The number of amides is 1. The van der Waals surface area contributed by atoms with Gasteiger partial charge < -0.3 is 5.32 Å². The number of thiazole rings is 1. The summed E-state index contributed by atoms with van der Waals surface area (Å²) in [6.07, 6.45) is 0. The highest BCUT2D eigenvalue weighted by molar-refractivity contribution is 7.99. The summed E-state index contributed by atoms with van der Waals surface area (Å²) in [7, 11) is 0. The SMILES string of the molecule is Cc1ccc(-c2nnc3ccc(SCC(=O)Nc4nc5ccc(C)cc5s4)nn23)cc1. The van der Waals surface area contributed by atoms with Gasteiger partial charge >= 0.3 is 0 Å². The molecule has 5 aromatic rings. The van der Waals surface area contributed by atoms with Gasteiger partial charge in [-0.2, -0.15) is 9.61 Å². The fourth-order valence-corrected chi connectivity index (χ4v) is 4.75. The molecule has 0 unspecified atom stereocenters. The standard InChI is InChI=1S/C22H18N6OS2/c1-13-3-6-15(7-4-13)21-26-25-18-9-10-20(27-28(18)21)30-12-19(29)24-22-23-16-8-5-14(2)11-17(16)31-22/h3-11H,12H2,1-2H3,(H,23,24,29). The predicted molar refractivity (Wildman–Crippen MR) is 125 cm³/mol. The molecule has 7 nitrogen and oxygen atoms in total. The fraction of sp³-hybridized carbons (Fsp3) is 0.136. The van der Waals surface area contributed by atoms with Crippen molar-refractivity contribution < 1.29 is 4.79 Å². The van der Waals surface area contributed by atoms with Gasteiger partial charge in [0.15, 0.2) is 16.6 Å². The van der Waals surface area contributed by atoms with Gasteiger partial charge in [0.25, 0.3) is 0 Å². The number of nitrogens with one attached hydrogen (secondary N) is 1. The van der Waals surface area contributed by atoms with Gasteiger partial charge in [-0.3, -0.25) is 4.79 Å². The number of aryl methyl sites for hydroxylation is 2. The van der Waals surface area contributed by atoms with E-state index in [1.54, 1.807) is 4.52 Å². The van der Waals surface area contributed by atoms with Crippen LogP contribution in [0.3, 0.4) is 0 Å². The number of rotatable bonds is 5. The van der Waals surface area contributed by atoms with Gasteiger partial charge in [0, 0.05) is 5.56 Å². The van der Waals surface area contributed by atoms with Crippen molar-refractivity contribution in [3.8, 4) is 11.4 Å². The van der Waals surface area contributed by atoms with Gasteiger partial charge in [-0.1, -0.05) is 59.0 Å². The lowest BCUT2D eigenvalue weighted by Gasteiger charge is -2.04. The van der Waals surface area contributed by atoms with Crippen molar-refractivity contribution in [1.82, 2.24) is 24.8 Å². The highest BCUT2D eigenvalue weighted by Gasteiger charge is 2.12. The van der Waals surface area contributed by atoms with Crippen LogP contribution in [0.25, 0.3) is 27.3 Å². The molecule has 2 aromatic carbocycles. The number of benzene rings is 2. The van der Waals surface area contributed by atoms with Crippen LogP contribution in [-0.2, 0) is 4.79 Å². The van der Waals surface area contributed by atoms with Gasteiger partial charge in [0.1, 0.15) is 5.03 Å². The van der Waals surface area contributed by atoms with E-state index in [0.29, 0.717) is 16.6 Å². The number of anilines is 1. The summed E-state index contributed by atoms with van der Waals surface area (Å²) >= 11 is 2.84. The van der Waals surface area contributed by atoms with Crippen molar-refractivity contribution >= 4 is 50.0 Å². The Balaban J connectivity index is 1.30. The molecule has 0 aliphatic heterocycles. The summed E-state index contributed by atoms with van der Waals surface area (Å²) < 4.78 is 2.77. The summed E-state index contributed by atoms with van der Waals surface area (Å²) in [5, 5.41) is 17.3. The van der Waals surface area contributed by atoms with Crippen LogP contribution in [0.1, 0.15) is 11.1 Å². The highest BCUT2D eigenvalue weighted by Crippen LogP contribution is 2.27. The summed E-state index contributed by atoms with van der Waals surface area (Å²) in [4.78, 5) is 16.9. The molecule has 5 rings (SSSR count). The van der Waals surface area contributed by atoms with Crippen LogP contribution >= 0.6 is 23.1 Å². The molecular formula is C22H18N6OS2. The Morgan fingerprint density at radius 2 is 1.84 bits per heavy atom. The largest absolute Gasteiger partial charge is 0.301 e. The third-order valence-electron chi connectivity index (χ3n) is 4.69. The second-order valence-corrected chi connectivity index (χ2v) is 9.18. The molecule has 0 saturated carbocycles. The first-order valence-corrected chi connectivity index (χ1v) is 11.4. The zero-order chi connectivity index (χ0) is 21.4. The van der Waals surface area contributed by atoms with Crippen molar-refractivity contribution in [2.75, 3.05) is 11.1 Å². The van der Waals surface area contributed by atoms with E-state index in [-0.39, 0.29) is 11.7 Å². The number of aromatic nitrogens is 5. The number of fused-ring (bicyclic) bond motifs is 2. The summed E-state index contributed by atoms with van der Waals surface area (Å²) in [6.45, 7) is 4.08. The number of hydrogen-bond acceptors (Lipinski definition) is 7. The number of carbonyl (C=O) groups is 1. The lowest BCUT2D eigenvalue weighted by atomic mass is 10.1. The van der Waals surface area contributed by atoms with Crippen LogP contribution in [0.5, 0.6) is 0 Å². The second kappa shape index (κ2) is 8.09. The van der Waals surface area contributed by atoms with Crippen LogP contribution in [-0.4, -0.2) is 36.5 Å². The lowest BCUT2D eigenvalue weighted by molar-refractivity contribution is -0.113. The minimum absolute atomic E-state index is 0.120. The number of hydrogen-bond donors (Lipinski definition) is 1. The number of thioether (sulfide) groups is 1. The first-order chi connectivity index (χ1) is 15.0. The molecule has 3 heterocycles. The van der Waals surface area contributed by atoms with Gasteiger partial charge in [0.2, 0.25) is 5.91 Å². The summed E-state index contributed by atoms with van der Waals surface area (Å²) in [5.74, 6) is 0.784. The maximum atomic E-state index is 12.4. The third kappa shape index (κ3) is 4.14. The Morgan fingerprint density at radius 1 is 1.03 bits per heavy atom. The van der Waals surface area contributed by atoms with Crippen LogP contribution in [0, 0.1) is 13.8 Å².